The van der Waals surface area contributed by atoms with Gasteiger partial charge in [0.05, 0.1) is 6.04 Å². The molecular weight excluding hydrogens is 302 g/mol. The first kappa shape index (κ1) is 16.4. The van der Waals surface area contributed by atoms with Gasteiger partial charge in [-0.25, -0.2) is 4.98 Å². The van der Waals surface area contributed by atoms with Gasteiger partial charge in [0.1, 0.15) is 5.82 Å². The van der Waals surface area contributed by atoms with E-state index in [2.05, 4.69) is 32.4 Å². The summed E-state index contributed by atoms with van der Waals surface area (Å²) in [5, 5.41) is 9.67. The molecule has 1 unspecified atom stereocenters. The maximum absolute atomic E-state index is 12.1. The number of hydrogen-bond donors (Lipinski definition) is 2. The van der Waals surface area contributed by atoms with Gasteiger partial charge in [-0.05, 0) is 29.7 Å². The third-order valence-electron chi connectivity index (χ3n) is 3.36. The standard InChI is InChI=1S/C15H20ClN5O/c1-2-3-6-12(11-5-4-9-17-10-11)18-14(22)8-7-13-19-15(16)21-20-13/h4-5,9-10,12H,2-3,6-8H2,1H3,(H,18,22)(H,19,20,21). The summed E-state index contributed by atoms with van der Waals surface area (Å²) < 4.78 is 0. The second-order valence-corrected chi connectivity index (χ2v) is 5.44. The summed E-state index contributed by atoms with van der Waals surface area (Å²) in [5.41, 5.74) is 1.03. The van der Waals surface area contributed by atoms with Gasteiger partial charge in [0, 0.05) is 25.2 Å². The number of hydrogen-bond acceptors (Lipinski definition) is 4. The summed E-state index contributed by atoms with van der Waals surface area (Å²) in [5.74, 6) is 0.601. The average molecular weight is 322 g/mol. The van der Waals surface area contributed by atoms with Gasteiger partial charge in [0.2, 0.25) is 11.2 Å². The Morgan fingerprint density at radius 3 is 3.00 bits per heavy atom. The molecule has 0 saturated carbocycles. The Morgan fingerprint density at radius 1 is 1.50 bits per heavy atom. The molecule has 0 aromatic carbocycles. The highest BCUT2D eigenvalue weighted by atomic mass is 35.5. The predicted molar refractivity (Wildman–Crippen MR) is 84.4 cm³/mol. The normalized spacial score (nSPS) is 12.1. The molecule has 6 nitrogen and oxygen atoms in total. The van der Waals surface area contributed by atoms with Gasteiger partial charge in [-0.15, -0.1) is 5.10 Å². The number of aromatic nitrogens is 4. The molecule has 7 heteroatoms. The zero-order valence-electron chi connectivity index (χ0n) is 12.6. The number of amides is 1. The number of nitrogens with zero attached hydrogens (tertiary/aromatic N) is 3. The van der Waals surface area contributed by atoms with Crippen molar-refractivity contribution in [2.24, 2.45) is 0 Å². The molecule has 0 saturated heterocycles. The first-order chi connectivity index (χ1) is 10.7. The third-order valence-corrected chi connectivity index (χ3v) is 3.53. The predicted octanol–water partition coefficient (Wildman–Crippen LogP) is 2.83. The molecule has 0 aliphatic heterocycles. The zero-order chi connectivity index (χ0) is 15.8. The first-order valence-electron chi connectivity index (χ1n) is 7.45. The summed E-state index contributed by atoms with van der Waals surface area (Å²) in [4.78, 5) is 20.2. The molecule has 2 rings (SSSR count). The van der Waals surface area contributed by atoms with Crippen LogP contribution in [0.1, 0.15) is 50.0 Å². The van der Waals surface area contributed by atoms with Crippen molar-refractivity contribution in [2.45, 2.75) is 45.1 Å². The Kier molecular flexibility index (Phi) is 6.33. The van der Waals surface area contributed by atoms with Crippen molar-refractivity contribution in [1.29, 1.82) is 0 Å². The van der Waals surface area contributed by atoms with Crippen LogP contribution >= 0.6 is 11.6 Å². The fourth-order valence-electron chi connectivity index (χ4n) is 2.19. The van der Waals surface area contributed by atoms with E-state index in [-0.39, 0.29) is 17.2 Å². The van der Waals surface area contributed by atoms with Gasteiger partial charge in [-0.3, -0.25) is 14.9 Å². The SMILES string of the molecule is CCCCC(NC(=O)CCc1nc(Cl)n[nH]1)c1cccnc1. The van der Waals surface area contributed by atoms with E-state index in [0.717, 1.165) is 24.8 Å². The van der Waals surface area contributed by atoms with E-state index < -0.39 is 0 Å². The second kappa shape index (κ2) is 8.48. The van der Waals surface area contributed by atoms with E-state index in [4.69, 9.17) is 11.6 Å². The number of H-pyrrole nitrogens is 1. The van der Waals surface area contributed by atoms with Crippen LogP contribution in [0.2, 0.25) is 5.28 Å². The highest BCUT2D eigenvalue weighted by Gasteiger charge is 2.14. The van der Waals surface area contributed by atoms with Gasteiger partial charge < -0.3 is 5.32 Å². The number of unbranched alkanes of at least 4 members (excludes halogenated alkanes) is 1. The van der Waals surface area contributed by atoms with Crippen LogP contribution in [-0.4, -0.2) is 26.1 Å². The summed E-state index contributed by atoms with van der Waals surface area (Å²) >= 11 is 5.64. The summed E-state index contributed by atoms with van der Waals surface area (Å²) in [6, 6.07) is 3.88. The van der Waals surface area contributed by atoms with Crippen LogP contribution in [0.4, 0.5) is 0 Å². The Balaban J connectivity index is 1.90. The lowest BCUT2D eigenvalue weighted by molar-refractivity contribution is -0.121. The van der Waals surface area contributed by atoms with Crippen molar-refractivity contribution < 1.29 is 4.79 Å². The van der Waals surface area contributed by atoms with Crippen LogP contribution in [-0.2, 0) is 11.2 Å². The van der Waals surface area contributed by atoms with E-state index >= 15 is 0 Å². The van der Waals surface area contributed by atoms with Gasteiger partial charge in [-0.1, -0.05) is 25.8 Å². The molecule has 2 aromatic rings. The number of nitrogens with one attached hydrogen (secondary N) is 2. The Hall–Kier alpha value is -1.95. The van der Waals surface area contributed by atoms with Crippen LogP contribution < -0.4 is 5.32 Å². The smallest absolute Gasteiger partial charge is 0.242 e. The number of pyridine rings is 1. The topological polar surface area (TPSA) is 83.6 Å². The number of carbonyl (C=O) groups excluding carboxylic acids is 1. The van der Waals surface area contributed by atoms with Crippen LogP contribution in [0, 0.1) is 0 Å². The Bertz CT molecular complexity index is 587. The molecule has 2 N–H and O–H groups in total. The molecule has 0 aliphatic carbocycles. The maximum atomic E-state index is 12.1. The number of halogens is 1. The number of aryl methyl sites for hydroxylation is 1. The number of aromatic amines is 1. The van der Waals surface area contributed by atoms with E-state index in [9.17, 15) is 4.79 Å². The molecule has 22 heavy (non-hydrogen) atoms. The van der Waals surface area contributed by atoms with Crippen molar-refractivity contribution in [2.75, 3.05) is 0 Å². The fraction of sp³-hybridized carbons (Fsp3) is 0.467. The lowest BCUT2D eigenvalue weighted by atomic mass is 10.0. The molecule has 2 aromatic heterocycles. The third kappa shape index (κ3) is 5.11. The minimum Gasteiger partial charge on any atom is -0.349 e. The van der Waals surface area contributed by atoms with Crippen molar-refractivity contribution in [3.8, 4) is 0 Å². The molecular formula is C15H20ClN5O. The molecule has 1 amide bonds. The summed E-state index contributed by atoms with van der Waals surface area (Å²) in [7, 11) is 0. The molecule has 1 atom stereocenters. The lowest BCUT2D eigenvalue weighted by Crippen LogP contribution is -2.29. The van der Waals surface area contributed by atoms with Crippen molar-refractivity contribution in [3.63, 3.8) is 0 Å². The molecule has 118 valence electrons. The summed E-state index contributed by atoms with van der Waals surface area (Å²) in [6.07, 6.45) is 7.41. The molecule has 2 heterocycles. The lowest BCUT2D eigenvalue weighted by Gasteiger charge is -2.18. The average Bonchev–Trinajstić information content (AvgIpc) is 2.96. The second-order valence-electron chi connectivity index (χ2n) is 5.10. The summed E-state index contributed by atoms with van der Waals surface area (Å²) in [6.45, 7) is 2.13. The van der Waals surface area contributed by atoms with Crippen LogP contribution in [0.5, 0.6) is 0 Å². The largest absolute Gasteiger partial charge is 0.349 e. The minimum atomic E-state index is -0.0162. The van der Waals surface area contributed by atoms with Crippen molar-refractivity contribution >= 4 is 17.5 Å². The van der Waals surface area contributed by atoms with Crippen LogP contribution in [0.15, 0.2) is 24.5 Å². The van der Waals surface area contributed by atoms with Gasteiger partial charge >= 0.3 is 0 Å². The molecule has 0 spiro atoms. The highest BCUT2D eigenvalue weighted by Crippen LogP contribution is 2.18. The Morgan fingerprint density at radius 2 is 2.36 bits per heavy atom. The zero-order valence-corrected chi connectivity index (χ0v) is 13.3. The molecule has 0 aliphatic rings. The van der Waals surface area contributed by atoms with E-state index in [0.29, 0.717) is 18.7 Å². The molecule has 0 radical (unpaired) electrons. The number of rotatable bonds is 8. The van der Waals surface area contributed by atoms with Crippen molar-refractivity contribution in [3.05, 3.63) is 41.2 Å². The van der Waals surface area contributed by atoms with Crippen LogP contribution in [0.25, 0.3) is 0 Å². The van der Waals surface area contributed by atoms with E-state index in [1.807, 2.05) is 12.1 Å². The Labute approximate surface area is 134 Å². The number of carbonyl (C=O) groups is 1. The maximum Gasteiger partial charge on any atom is 0.242 e. The van der Waals surface area contributed by atoms with Gasteiger partial charge in [0.25, 0.3) is 0 Å². The molecule has 0 bridgehead atoms. The van der Waals surface area contributed by atoms with Gasteiger partial charge in [-0.2, -0.15) is 0 Å². The van der Waals surface area contributed by atoms with E-state index in [1.165, 1.54) is 0 Å². The van der Waals surface area contributed by atoms with Crippen LogP contribution in [0.3, 0.4) is 0 Å². The molecule has 0 fully saturated rings. The minimum absolute atomic E-state index is 0.000496. The van der Waals surface area contributed by atoms with Gasteiger partial charge in [0.15, 0.2) is 0 Å². The van der Waals surface area contributed by atoms with Crippen molar-refractivity contribution in [1.82, 2.24) is 25.5 Å². The fourth-order valence-corrected chi connectivity index (χ4v) is 2.34. The monoisotopic (exact) mass is 321 g/mol. The quantitative estimate of drug-likeness (QED) is 0.783. The highest BCUT2D eigenvalue weighted by molar-refractivity contribution is 6.28. The van der Waals surface area contributed by atoms with E-state index in [1.54, 1.807) is 12.4 Å². The first-order valence-corrected chi connectivity index (χ1v) is 7.83.